The van der Waals surface area contributed by atoms with E-state index in [9.17, 15) is 19.8 Å². The molecule has 10 atom stereocenters. The van der Waals surface area contributed by atoms with E-state index in [0.717, 1.165) is 44.9 Å². The van der Waals surface area contributed by atoms with Gasteiger partial charge in [-0.2, -0.15) is 0 Å². The molecule has 4 aliphatic rings. The minimum atomic E-state index is -1.01. The molecule has 0 bridgehead atoms. The van der Waals surface area contributed by atoms with Gasteiger partial charge in [-0.3, -0.25) is 9.59 Å². The Morgan fingerprint density at radius 3 is 2.41 bits per heavy atom. The van der Waals surface area contributed by atoms with Crippen LogP contribution in [0.4, 0.5) is 0 Å². The van der Waals surface area contributed by atoms with Crippen LogP contribution < -0.4 is 5.32 Å². The molecular formula is C26H43NO5. The first-order valence-electron chi connectivity index (χ1n) is 12.9. The van der Waals surface area contributed by atoms with Gasteiger partial charge >= 0.3 is 5.97 Å². The highest BCUT2D eigenvalue weighted by molar-refractivity contribution is 5.81. The second-order valence-electron chi connectivity index (χ2n) is 12.1. The van der Waals surface area contributed by atoms with Crippen LogP contribution in [0.1, 0.15) is 85.0 Å². The molecule has 32 heavy (non-hydrogen) atoms. The molecule has 0 aromatic carbocycles. The molecule has 0 aromatic rings. The number of carbonyl (C=O) groups excluding carboxylic acids is 1. The number of fused-ring (bicyclic) bond motifs is 5. The molecule has 0 unspecified atom stereocenters. The van der Waals surface area contributed by atoms with E-state index in [-0.39, 0.29) is 35.5 Å². The maximum Gasteiger partial charge on any atom is 0.322 e. The molecule has 4 saturated carbocycles. The predicted molar refractivity (Wildman–Crippen MR) is 122 cm³/mol. The molecule has 6 nitrogen and oxygen atoms in total. The van der Waals surface area contributed by atoms with Crippen molar-refractivity contribution in [2.75, 3.05) is 6.54 Å². The van der Waals surface area contributed by atoms with Crippen LogP contribution in [-0.4, -0.2) is 45.9 Å². The number of aliphatic hydroxyl groups excluding tert-OH is 2. The quantitative estimate of drug-likeness (QED) is 0.496. The Kier molecular flexibility index (Phi) is 6.68. The fourth-order valence-electron chi connectivity index (χ4n) is 9.00. The molecule has 0 spiro atoms. The Balaban J connectivity index is 1.44. The average molecular weight is 450 g/mol. The van der Waals surface area contributed by atoms with E-state index in [2.05, 4.69) is 26.1 Å². The zero-order valence-corrected chi connectivity index (χ0v) is 20.1. The number of amides is 1. The predicted octanol–water partition coefficient (Wildman–Crippen LogP) is 3.59. The second kappa shape index (κ2) is 8.90. The lowest BCUT2D eigenvalue weighted by molar-refractivity contribution is -0.174. The number of carboxylic acid groups (broad SMARTS) is 1. The summed E-state index contributed by atoms with van der Waals surface area (Å²) in [4.78, 5) is 22.7. The minimum Gasteiger partial charge on any atom is -0.480 e. The van der Waals surface area contributed by atoms with E-state index in [1.165, 1.54) is 12.8 Å². The van der Waals surface area contributed by atoms with Crippen LogP contribution in [-0.2, 0) is 9.59 Å². The lowest BCUT2D eigenvalue weighted by Crippen LogP contribution is -2.58. The van der Waals surface area contributed by atoms with E-state index < -0.39 is 5.97 Å². The number of nitrogens with one attached hydrogen (secondary N) is 1. The highest BCUT2D eigenvalue weighted by Crippen LogP contribution is 2.68. The first-order valence-corrected chi connectivity index (χ1v) is 12.9. The first kappa shape index (κ1) is 24.0. The summed E-state index contributed by atoms with van der Waals surface area (Å²) in [5.41, 5.74) is 0.451. The average Bonchev–Trinajstić information content (AvgIpc) is 3.09. The number of carboxylic acids is 1. The Hall–Kier alpha value is -1.14. The summed E-state index contributed by atoms with van der Waals surface area (Å²) in [5, 5.41) is 32.8. The number of rotatable bonds is 6. The van der Waals surface area contributed by atoms with Gasteiger partial charge < -0.3 is 20.6 Å². The fraction of sp³-hybridized carbons (Fsp3) is 0.923. The van der Waals surface area contributed by atoms with Crippen LogP contribution in [0.25, 0.3) is 0 Å². The maximum absolute atomic E-state index is 12.0. The molecule has 0 aliphatic heterocycles. The molecule has 182 valence electrons. The van der Waals surface area contributed by atoms with Crippen molar-refractivity contribution in [1.82, 2.24) is 5.32 Å². The SMILES string of the molecule is C[C@H](CCC(=O)NCC(=O)O)[C@H]1CC[C@@H]2[C@@H]3[C@H](O)C[C@@H]4C[C@H](O)CC[C@]4(C)[C@@H]3CC[C@@]21C. The lowest BCUT2D eigenvalue weighted by atomic mass is 9.43. The zero-order chi connectivity index (χ0) is 23.3. The van der Waals surface area contributed by atoms with Crippen molar-refractivity contribution < 1.29 is 24.9 Å². The molecule has 0 aromatic heterocycles. The first-order chi connectivity index (χ1) is 15.1. The Bertz CT molecular complexity index is 727. The van der Waals surface area contributed by atoms with Crippen molar-refractivity contribution in [1.29, 1.82) is 0 Å². The van der Waals surface area contributed by atoms with Crippen molar-refractivity contribution in [3.63, 3.8) is 0 Å². The molecule has 6 heteroatoms. The monoisotopic (exact) mass is 449 g/mol. The molecule has 0 saturated heterocycles. The van der Waals surface area contributed by atoms with Crippen molar-refractivity contribution in [2.45, 2.75) is 97.2 Å². The van der Waals surface area contributed by atoms with Gasteiger partial charge in [0.15, 0.2) is 0 Å². The molecule has 4 N–H and O–H groups in total. The summed E-state index contributed by atoms with van der Waals surface area (Å²) in [6.07, 6.45) is 9.06. The third kappa shape index (κ3) is 4.11. The Labute approximate surface area is 192 Å². The van der Waals surface area contributed by atoms with Gasteiger partial charge in [0.2, 0.25) is 5.91 Å². The Morgan fingerprint density at radius 1 is 1.00 bits per heavy atom. The van der Waals surface area contributed by atoms with Crippen molar-refractivity contribution in [3.05, 3.63) is 0 Å². The van der Waals surface area contributed by atoms with Gasteiger partial charge in [-0.05, 0) is 104 Å². The van der Waals surface area contributed by atoms with Crippen LogP contribution >= 0.6 is 0 Å². The van der Waals surface area contributed by atoms with Crippen molar-refractivity contribution >= 4 is 11.9 Å². The summed E-state index contributed by atoms with van der Waals surface area (Å²) in [7, 11) is 0. The van der Waals surface area contributed by atoms with E-state index in [1.807, 2.05) is 0 Å². The molecule has 4 fully saturated rings. The van der Waals surface area contributed by atoms with E-state index in [0.29, 0.717) is 41.9 Å². The van der Waals surface area contributed by atoms with E-state index >= 15 is 0 Å². The topological polar surface area (TPSA) is 107 Å². The lowest BCUT2D eigenvalue weighted by Gasteiger charge is -2.62. The van der Waals surface area contributed by atoms with Crippen LogP contribution in [0.5, 0.6) is 0 Å². The standard InChI is InChI=1S/C26H43NO5/c1-15(4-7-22(30)27-14-23(31)32)18-5-6-19-24-20(9-11-26(18,19)3)25(2)10-8-17(28)12-16(25)13-21(24)29/h15-21,24,28-29H,4-14H2,1-3H3,(H,27,30)(H,31,32)/t15-,16+,17-,18-,19-,20-,21-,24+,25+,26-/m1/s1. The molecular weight excluding hydrogens is 406 g/mol. The van der Waals surface area contributed by atoms with Gasteiger partial charge in [0.05, 0.1) is 12.2 Å². The van der Waals surface area contributed by atoms with Crippen molar-refractivity contribution in [3.8, 4) is 0 Å². The maximum atomic E-state index is 12.0. The van der Waals surface area contributed by atoms with Crippen LogP contribution in [0.3, 0.4) is 0 Å². The summed E-state index contributed by atoms with van der Waals surface area (Å²) in [6, 6.07) is 0. The number of hydrogen-bond donors (Lipinski definition) is 4. The summed E-state index contributed by atoms with van der Waals surface area (Å²) >= 11 is 0. The summed E-state index contributed by atoms with van der Waals surface area (Å²) in [6.45, 7) is 6.83. The zero-order valence-electron chi connectivity index (χ0n) is 20.1. The normalized spacial score (nSPS) is 46.5. The number of carbonyl (C=O) groups is 2. The highest BCUT2D eigenvalue weighted by atomic mass is 16.4. The molecule has 0 heterocycles. The van der Waals surface area contributed by atoms with Gasteiger partial charge in [-0.25, -0.2) is 0 Å². The Morgan fingerprint density at radius 2 is 1.69 bits per heavy atom. The van der Waals surface area contributed by atoms with Gasteiger partial charge in [-0.1, -0.05) is 20.8 Å². The van der Waals surface area contributed by atoms with Gasteiger partial charge in [0, 0.05) is 6.42 Å². The van der Waals surface area contributed by atoms with Crippen LogP contribution in [0.15, 0.2) is 0 Å². The van der Waals surface area contributed by atoms with Gasteiger partial charge in [-0.15, -0.1) is 0 Å². The van der Waals surface area contributed by atoms with Crippen LogP contribution in [0, 0.1) is 46.3 Å². The number of aliphatic hydroxyl groups is 2. The smallest absolute Gasteiger partial charge is 0.322 e. The largest absolute Gasteiger partial charge is 0.480 e. The minimum absolute atomic E-state index is 0.177. The molecule has 4 aliphatic carbocycles. The fourth-order valence-corrected chi connectivity index (χ4v) is 9.00. The second-order valence-corrected chi connectivity index (χ2v) is 12.1. The van der Waals surface area contributed by atoms with E-state index in [1.54, 1.807) is 0 Å². The number of hydrogen-bond acceptors (Lipinski definition) is 4. The summed E-state index contributed by atoms with van der Waals surface area (Å²) in [5.74, 6) is 1.66. The highest BCUT2D eigenvalue weighted by Gasteiger charge is 2.62. The molecule has 0 radical (unpaired) electrons. The molecule has 1 amide bonds. The van der Waals surface area contributed by atoms with E-state index in [4.69, 9.17) is 5.11 Å². The van der Waals surface area contributed by atoms with Crippen molar-refractivity contribution in [2.24, 2.45) is 46.3 Å². The molecule has 4 rings (SSSR count). The number of aliphatic carboxylic acids is 1. The third-order valence-corrected chi connectivity index (χ3v) is 10.7. The van der Waals surface area contributed by atoms with Crippen LogP contribution in [0.2, 0.25) is 0 Å². The van der Waals surface area contributed by atoms with Gasteiger partial charge in [0.1, 0.15) is 6.54 Å². The summed E-state index contributed by atoms with van der Waals surface area (Å²) < 4.78 is 0. The third-order valence-electron chi connectivity index (χ3n) is 10.7. The van der Waals surface area contributed by atoms with Gasteiger partial charge in [0.25, 0.3) is 0 Å².